The van der Waals surface area contributed by atoms with Crippen molar-refractivity contribution in [1.82, 2.24) is 15.1 Å². The molecule has 1 fully saturated rings. The molecular formula is C24H27N5O5S. The number of aromatic nitrogens is 2. The molecular weight excluding hydrogens is 470 g/mol. The number of amides is 3. The molecule has 3 aromatic rings. The van der Waals surface area contributed by atoms with Gasteiger partial charge in [0.15, 0.2) is 11.5 Å². The quantitative estimate of drug-likeness (QED) is 0.502. The molecule has 184 valence electrons. The van der Waals surface area contributed by atoms with Crippen molar-refractivity contribution in [3.05, 3.63) is 52.5 Å². The van der Waals surface area contributed by atoms with Crippen LogP contribution in [0.25, 0.3) is 0 Å². The lowest BCUT2D eigenvalue weighted by molar-refractivity contribution is 0.102. The average Bonchev–Trinajstić information content (AvgIpc) is 3.40. The van der Waals surface area contributed by atoms with Crippen molar-refractivity contribution in [3.63, 3.8) is 0 Å². The number of nitrogens with zero attached hydrogens (tertiary/aromatic N) is 3. The summed E-state index contributed by atoms with van der Waals surface area (Å²) in [6.07, 6.45) is 1.49. The lowest BCUT2D eigenvalue weighted by atomic mass is 9.98. The molecule has 35 heavy (non-hydrogen) atoms. The summed E-state index contributed by atoms with van der Waals surface area (Å²) in [5.41, 5.74) is 1.28. The normalized spacial score (nSPS) is 13.7. The Morgan fingerprint density at radius 1 is 0.886 bits per heavy atom. The Morgan fingerprint density at radius 3 is 2.23 bits per heavy atom. The van der Waals surface area contributed by atoms with Crippen molar-refractivity contribution in [2.75, 3.05) is 45.1 Å². The summed E-state index contributed by atoms with van der Waals surface area (Å²) in [4.78, 5) is 27.1. The fourth-order valence-corrected chi connectivity index (χ4v) is 4.70. The van der Waals surface area contributed by atoms with E-state index in [1.165, 1.54) is 11.3 Å². The highest BCUT2D eigenvalue weighted by Crippen LogP contribution is 2.32. The van der Waals surface area contributed by atoms with Crippen LogP contribution in [-0.2, 0) is 0 Å². The third-order valence-electron chi connectivity index (χ3n) is 5.75. The summed E-state index contributed by atoms with van der Waals surface area (Å²) in [6.45, 7) is 1.16. The van der Waals surface area contributed by atoms with Gasteiger partial charge in [0.2, 0.25) is 5.01 Å². The van der Waals surface area contributed by atoms with Gasteiger partial charge in [-0.1, -0.05) is 11.3 Å². The number of hydrogen-bond acceptors (Lipinski definition) is 8. The van der Waals surface area contributed by atoms with E-state index in [0.717, 1.165) is 17.8 Å². The number of nitrogens with one attached hydrogen (secondary N) is 2. The van der Waals surface area contributed by atoms with Gasteiger partial charge in [-0.2, -0.15) is 0 Å². The minimum Gasteiger partial charge on any atom is -0.497 e. The van der Waals surface area contributed by atoms with Gasteiger partial charge in [0.05, 0.1) is 21.3 Å². The maximum Gasteiger partial charge on any atom is 0.321 e. The standard InChI is InChI=1S/C24H27N5O5S/c1-32-18-7-4-16(5-8-18)25-21(30)23-28-27-22(35-23)15-10-12-29(13-11-15)24(31)26-17-6-9-19(33-2)20(14-17)34-3/h4-9,14-15H,10-13H2,1-3H3,(H,25,30)(H,26,31). The SMILES string of the molecule is COc1ccc(NC(=O)c2nnc(C3CCN(C(=O)Nc4ccc(OC)c(OC)c4)CC3)s2)cc1. The van der Waals surface area contributed by atoms with Crippen LogP contribution in [-0.4, -0.2) is 61.5 Å². The first kappa shape index (κ1) is 24.3. The molecule has 0 aliphatic carbocycles. The Morgan fingerprint density at radius 2 is 1.57 bits per heavy atom. The molecule has 2 N–H and O–H groups in total. The predicted molar refractivity (Wildman–Crippen MR) is 133 cm³/mol. The molecule has 10 nitrogen and oxygen atoms in total. The zero-order valence-electron chi connectivity index (χ0n) is 19.7. The van der Waals surface area contributed by atoms with Crippen molar-refractivity contribution in [2.45, 2.75) is 18.8 Å². The highest BCUT2D eigenvalue weighted by molar-refractivity contribution is 7.13. The summed E-state index contributed by atoms with van der Waals surface area (Å²) in [5, 5.41) is 15.2. The van der Waals surface area contributed by atoms with Crippen molar-refractivity contribution in [2.24, 2.45) is 0 Å². The van der Waals surface area contributed by atoms with Crippen LogP contribution in [0.1, 0.15) is 33.6 Å². The largest absolute Gasteiger partial charge is 0.497 e. The zero-order chi connectivity index (χ0) is 24.8. The number of piperidine rings is 1. The van der Waals surface area contributed by atoms with E-state index in [0.29, 0.717) is 46.7 Å². The first-order valence-electron chi connectivity index (χ1n) is 11.1. The Bertz CT molecular complexity index is 1180. The van der Waals surface area contributed by atoms with Crippen molar-refractivity contribution in [3.8, 4) is 17.2 Å². The third kappa shape index (κ3) is 5.80. The third-order valence-corrected chi connectivity index (χ3v) is 6.83. The summed E-state index contributed by atoms with van der Waals surface area (Å²) < 4.78 is 15.7. The van der Waals surface area contributed by atoms with E-state index in [4.69, 9.17) is 14.2 Å². The first-order valence-corrected chi connectivity index (χ1v) is 11.9. The van der Waals surface area contributed by atoms with Crippen LogP contribution >= 0.6 is 11.3 Å². The molecule has 0 spiro atoms. The monoisotopic (exact) mass is 497 g/mol. The van der Waals surface area contributed by atoms with Gasteiger partial charge in [-0.05, 0) is 49.2 Å². The molecule has 1 aromatic heterocycles. The molecule has 0 atom stereocenters. The maximum absolute atomic E-state index is 12.7. The lowest BCUT2D eigenvalue weighted by Gasteiger charge is -2.31. The van der Waals surface area contributed by atoms with Crippen molar-refractivity contribution < 1.29 is 23.8 Å². The Labute approximate surface area is 207 Å². The average molecular weight is 498 g/mol. The fraction of sp³-hybridized carbons (Fsp3) is 0.333. The number of ether oxygens (including phenoxy) is 3. The molecule has 0 bridgehead atoms. The number of carbonyl (C=O) groups is 2. The molecule has 4 rings (SSSR count). The van der Waals surface area contributed by atoms with Gasteiger partial charge in [0.1, 0.15) is 10.8 Å². The Balaban J connectivity index is 1.30. The van der Waals surface area contributed by atoms with E-state index in [1.54, 1.807) is 68.7 Å². The number of hydrogen-bond donors (Lipinski definition) is 2. The molecule has 0 saturated carbocycles. The predicted octanol–water partition coefficient (Wildman–Crippen LogP) is 4.23. The molecule has 0 unspecified atom stereocenters. The number of methoxy groups -OCH3 is 3. The minimum atomic E-state index is -0.300. The molecule has 0 radical (unpaired) electrons. The van der Waals surface area contributed by atoms with Gasteiger partial charge in [-0.25, -0.2) is 4.79 Å². The van der Waals surface area contributed by atoms with Gasteiger partial charge < -0.3 is 29.7 Å². The smallest absolute Gasteiger partial charge is 0.321 e. The van der Waals surface area contributed by atoms with Crippen molar-refractivity contribution in [1.29, 1.82) is 0 Å². The van der Waals surface area contributed by atoms with Crippen LogP contribution in [0.15, 0.2) is 42.5 Å². The number of anilines is 2. The second-order valence-electron chi connectivity index (χ2n) is 7.89. The van der Waals surface area contributed by atoms with Gasteiger partial charge in [-0.3, -0.25) is 4.79 Å². The molecule has 1 saturated heterocycles. The van der Waals surface area contributed by atoms with Gasteiger partial charge in [0.25, 0.3) is 5.91 Å². The molecule has 3 amide bonds. The second-order valence-corrected chi connectivity index (χ2v) is 8.90. The van der Waals surface area contributed by atoms with Crippen LogP contribution in [0.4, 0.5) is 16.2 Å². The zero-order valence-corrected chi connectivity index (χ0v) is 20.6. The van der Waals surface area contributed by atoms with Crippen LogP contribution in [0.3, 0.4) is 0 Å². The number of rotatable bonds is 7. The van der Waals surface area contributed by atoms with Crippen LogP contribution in [0, 0.1) is 0 Å². The Kier molecular flexibility index (Phi) is 7.66. The van der Waals surface area contributed by atoms with E-state index >= 15 is 0 Å². The van der Waals surface area contributed by atoms with E-state index in [-0.39, 0.29) is 17.9 Å². The van der Waals surface area contributed by atoms with Crippen LogP contribution in [0.5, 0.6) is 17.2 Å². The first-order chi connectivity index (χ1) is 17.0. The topological polar surface area (TPSA) is 115 Å². The lowest BCUT2D eigenvalue weighted by Crippen LogP contribution is -2.40. The number of likely N-dealkylation sites (tertiary alicyclic amines) is 1. The minimum absolute atomic E-state index is 0.153. The highest BCUT2D eigenvalue weighted by Gasteiger charge is 2.27. The fourth-order valence-electron chi connectivity index (χ4n) is 3.80. The second kappa shape index (κ2) is 11.0. The van der Waals surface area contributed by atoms with Crippen molar-refractivity contribution >= 4 is 34.6 Å². The molecule has 2 heterocycles. The summed E-state index contributed by atoms with van der Waals surface area (Å²) in [5.74, 6) is 1.71. The molecule has 1 aliphatic rings. The summed E-state index contributed by atoms with van der Waals surface area (Å²) in [6, 6.07) is 12.1. The van der Waals surface area contributed by atoms with Crippen LogP contribution < -0.4 is 24.8 Å². The number of urea groups is 1. The highest BCUT2D eigenvalue weighted by atomic mass is 32.1. The summed E-state index contributed by atoms with van der Waals surface area (Å²) >= 11 is 1.29. The van der Waals surface area contributed by atoms with Gasteiger partial charge in [0, 0.05) is 36.4 Å². The summed E-state index contributed by atoms with van der Waals surface area (Å²) in [7, 11) is 4.70. The molecule has 11 heteroatoms. The number of benzene rings is 2. The van der Waals surface area contributed by atoms with E-state index in [2.05, 4.69) is 20.8 Å². The van der Waals surface area contributed by atoms with E-state index in [9.17, 15) is 9.59 Å². The number of carbonyl (C=O) groups excluding carboxylic acids is 2. The molecule has 2 aromatic carbocycles. The maximum atomic E-state index is 12.7. The van der Waals surface area contributed by atoms with E-state index in [1.807, 2.05) is 0 Å². The van der Waals surface area contributed by atoms with Crippen LogP contribution in [0.2, 0.25) is 0 Å². The Hall–Kier alpha value is -3.86. The molecule has 1 aliphatic heterocycles. The van der Waals surface area contributed by atoms with E-state index < -0.39 is 0 Å². The van der Waals surface area contributed by atoms with Gasteiger partial charge >= 0.3 is 6.03 Å². The van der Waals surface area contributed by atoms with Gasteiger partial charge in [-0.15, -0.1) is 10.2 Å².